The molecule has 160 valence electrons. The zero-order chi connectivity index (χ0) is 22.7. The predicted octanol–water partition coefficient (Wildman–Crippen LogP) is 2.53. The zero-order valence-corrected chi connectivity index (χ0v) is 17.4. The number of H-pyrrole nitrogens is 1. The number of hydrogen-bond donors (Lipinski definition) is 2. The second-order valence-electron chi connectivity index (χ2n) is 7.52. The van der Waals surface area contributed by atoms with Gasteiger partial charge in [-0.05, 0) is 54.8 Å². The lowest BCUT2D eigenvalue weighted by molar-refractivity contribution is -0.109. The van der Waals surface area contributed by atoms with Gasteiger partial charge < -0.3 is 15.1 Å². The van der Waals surface area contributed by atoms with Crippen molar-refractivity contribution in [3.05, 3.63) is 110 Å². The SMILES string of the molecule is Cc1cccc2c(=O)n(-c3ccc(C(=O)N[C@H](C=O)Cc4ccccc4)cc3)c(=O)[nH]c12. The van der Waals surface area contributed by atoms with E-state index in [9.17, 15) is 19.2 Å². The van der Waals surface area contributed by atoms with Crippen LogP contribution in [-0.4, -0.2) is 27.8 Å². The van der Waals surface area contributed by atoms with Crippen LogP contribution in [0.25, 0.3) is 16.6 Å². The second-order valence-corrected chi connectivity index (χ2v) is 7.52. The van der Waals surface area contributed by atoms with Gasteiger partial charge in [-0.1, -0.05) is 42.5 Å². The smallest absolute Gasteiger partial charge is 0.333 e. The summed E-state index contributed by atoms with van der Waals surface area (Å²) in [6.45, 7) is 1.82. The average Bonchev–Trinajstić information content (AvgIpc) is 2.80. The van der Waals surface area contributed by atoms with Crippen molar-refractivity contribution in [3.63, 3.8) is 0 Å². The Labute approximate surface area is 183 Å². The highest BCUT2D eigenvalue weighted by Crippen LogP contribution is 2.12. The van der Waals surface area contributed by atoms with Gasteiger partial charge in [0.25, 0.3) is 11.5 Å². The lowest BCUT2D eigenvalue weighted by atomic mass is 10.1. The van der Waals surface area contributed by atoms with E-state index < -0.39 is 23.2 Å². The van der Waals surface area contributed by atoms with E-state index in [0.717, 1.165) is 15.7 Å². The number of hydrogen-bond acceptors (Lipinski definition) is 4. The number of nitrogens with zero attached hydrogens (tertiary/aromatic N) is 1. The number of rotatable bonds is 6. The minimum atomic E-state index is -0.668. The summed E-state index contributed by atoms with van der Waals surface area (Å²) in [7, 11) is 0. The first-order valence-corrected chi connectivity index (χ1v) is 10.1. The summed E-state index contributed by atoms with van der Waals surface area (Å²) in [6.07, 6.45) is 1.09. The molecule has 0 fully saturated rings. The van der Waals surface area contributed by atoms with E-state index in [1.54, 1.807) is 12.1 Å². The topological polar surface area (TPSA) is 101 Å². The predicted molar refractivity (Wildman–Crippen MR) is 122 cm³/mol. The first-order chi connectivity index (χ1) is 15.5. The normalized spacial score (nSPS) is 11.8. The fourth-order valence-corrected chi connectivity index (χ4v) is 3.64. The van der Waals surface area contributed by atoms with Crippen molar-refractivity contribution < 1.29 is 9.59 Å². The van der Waals surface area contributed by atoms with Crippen molar-refractivity contribution >= 4 is 23.1 Å². The molecule has 4 rings (SSSR count). The number of fused-ring (bicyclic) bond motifs is 1. The Hall–Kier alpha value is -4.26. The van der Waals surface area contributed by atoms with Gasteiger partial charge >= 0.3 is 5.69 Å². The van der Waals surface area contributed by atoms with Crippen LogP contribution in [0.2, 0.25) is 0 Å². The molecule has 0 aliphatic heterocycles. The minimum Gasteiger partial charge on any atom is -0.342 e. The molecule has 0 unspecified atom stereocenters. The maximum atomic E-state index is 12.9. The van der Waals surface area contributed by atoms with E-state index in [2.05, 4.69) is 10.3 Å². The molecule has 7 nitrogen and oxygen atoms in total. The Morgan fingerprint density at radius 2 is 1.72 bits per heavy atom. The standard InChI is InChI=1S/C25H21N3O4/c1-16-6-5-9-21-22(16)27-25(32)28(24(21)31)20-12-10-18(11-13-20)23(30)26-19(15-29)14-17-7-3-2-4-8-17/h2-13,15,19H,14H2,1H3,(H,26,30)(H,27,32)/t19-/m0/s1. The summed E-state index contributed by atoms with van der Waals surface area (Å²) >= 11 is 0. The molecular weight excluding hydrogens is 406 g/mol. The van der Waals surface area contributed by atoms with Gasteiger partial charge in [-0.3, -0.25) is 9.59 Å². The van der Waals surface area contributed by atoms with Crippen LogP contribution in [0.1, 0.15) is 21.5 Å². The number of carbonyl (C=O) groups is 2. The Morgan fingerprint density at radius 1 is 1.00 bits per heavy atom. The summed E-state index contributed by atoms with van der Waals surface area (Å²) in [5.74, 6) is -0.417. The molecule has 1 amide bonds. The van der Waals surface area contributed by atoms with Crippen LogP contribution in [0, 0.1) is 6.92 Å². The quantitative estimate of drug-likeness (QED) is 0.462. The van der Waals surface area contributed by atoms with E-state index in [1.807, 2.05) is 43.3 Å². The number of aryl methyl sites for hydroxylation is 1. The molecule has 0 aliphatic rings. The Bertz CT molecular complexity index is 1400. The van der Waals surface area contributed by atoms with E-state index in [1.165, 1.54) is 24.3 Å². The van der Waals surface area contributed by atoms with Crippen molar-refractivity contribution in [2.24, 2.45) is 0 Å². The molecule has 4 aromatic rings. The van der Waals surface area contributed by atoms with Crippen molar-refractivity contribution in [1.82, 2.24) is 14.9 Å². The van der Waals surface area contributed by atoms with Crippen molar-refractivity contribution in [2.45, 2.75) is 19.4 Å². The number of aromatic amines is 1. The molecule has 3 aromatic carbocycles. The molecule has 7 heteroatoms. The van der Waals surface area contributed by atoms with Crippen LogP contribution >= 0.6 is 0 Å². The molecule has 1 aromatic heterocycles. The number of para-hydroxylation sites is 1. The number of nitrogens with one attached hydrogen (secondary N) is 2. The molecule has 32 heavy (non-hydrogen) atoms. The number of benzene rings is 3. The van der Waals surface area contributed by atoms with Gasteiger partial charge in [0, 0.05) is 5.56 Å². The lowest BCUT2D eigenvalue weighted by Crippen LogP contribution is -2.37. The summed E-state index contributed by atoms with van der Waals surface area (Å²) in [4.78, 5) is 52.2. The maximum Gasteiger partial charge on any atom is 0.333 e. The van der Waals surface area contributed by atoms with Gasteiger partial charge in [0.1, 0.15) is 6.29 Å². The van der Waals surface area contributed by atoms with Crippen LogP contribution in [0.4, 0.5) is 0 Å². The summed E-state index contributed by atoms with van der Waals surface area (Å²) in [5.41, 5.74) is 1.91. The summed E-state index contributed by atoms with van der Waals surface area (Å²) in [5, 5.41) is 3.10. The molecule has 0 aliphatic carbocycles. The maximum absolute atomic E-state index is 12.9. The highest BCUT2D eigenvalue weighted by Gasteiger charge is 2.15. The van der Waals surface area contributed by atoms with E-state index in [0.29, 0.717) is 34.9 Å². The fourth-order valence-electron chi connectivity index (χ4n) is 3.64. The number of aromatic nitrogens is 2. The van der Waals surface area contributed by atoms with Crippen molar-refractivity contribution in [3.8, 4) is 5.69 Å². The molecule has 2 N–H and O–H groups in total. The summed E-state index contributed by atoms with van der Waals surface area (Å²) < 4.78 is 1.03. The van der Waals surface area contributed by atoms with Gasteiger partial charge in [-0.15, -0.1) is 0 Å². The van der Waals surface area contributed by atoms with Gasteiger partial charge in [0.15, 0.2) is 0 Å². The van der Waals surface area contributed by atoms with Crippen LogP contribution in [-0.2, 0) is 11.2 Å². The van der Waals surface area contributed by atoms with Crippen LogP contribution in [0.5, 0.6) is 0 Å². The lowest BCUT2D eigenvalue weighted by Gasteiger charge is -2.13. The van der Waals surface area contributed by atoms with Gasteiger partial charge in [0.05, 0.1) is 22.6 Å². The highest BCUT2D eigenvalue weighted by atomic mass is 16.2. The molecule has 0 radical (unpaired) electrons. The van der Waals surface area contributed by atoms with E-state index in [-0.39, 0.29) is 0 Å². The fraction of sp³-hybridized carbons (Fsp3) is 0.120. The monoisotopic (exact) mass is 427 g/mol. The van der Waals surface area contributed by atoms with Gasteiger partial charge in [-0.25, -0.2) is 9.36 Å². The molecule has 1 heterocycles. The van der Waals surface area contributed by atoms with Gasteiger partial charge in [0.2, 0.25) is 0 Å². The average molecular weight is 427 g/mol. The van der Waals surface area contributed by atoms with Crippen molar-refractivity contribution in [1.29, 1.82) is 0 Å². The molecular formula is C25H21N3O4. The molecule has 0 saturated heterocycles. The molecule has 0 saturated carbocycles. The van der Waals surface area contributed by atoms with E-state index in [4.69, 9.17) is 0 Å². The molecule has 0 spiro atoms. The molecule has 1 atom stereocenters. The Balaban J connectivity index is 1.58. The van der Waals surface area contributed by atoms with Crippen LogP contribution < -0.4 is 16.6 Å². The Kier molecular flexibility index (Phi) is 5.81. The highest BCUT2D eigenvalue weighted by molar-refractivity contribution is 5.95. The Morgan fingerprint density at radius 3 is 2.41 bits per heavy atom. The first kappa shape index (κ1) is 21.0. The number of carbonyl (C=O) groups excluding carboxylic acids is 2. The first-order valence-electron chi connectivity index (χ1n) is 10.1. The second kappa shape index (κ2) is 8.85. The molecule has 0 bridgehead atoms. The largest absolute Gasteiger partial charge is 0.342 e. The zero-order valence-electron chi connectivity index (χ0n) is 17.4. The number of amides is 1. The van der Waals surface area contributed by atoms with E-state index >= 15 is 0 Å². The third kappa shape index (κ3) is 4.13. The minimum absolute atomic E-state index is 0.315. The number of aldehydes is 1. The van der Waals surface area contributed by atoms with Crippen molar-refractivity contribution in [2.75, 3.05) is 0 Å². The third-order valence-corrected chi connectivity index (χ3v) is 5.31. The van der Waals surface area contributed by atoms with Crippen LogP contribution in [0.3, 0.4) is 0 Å². The van der Waals surface area contributed by atoms with Crippen LogP contribution in [0.15, 0.2) is 82.4 Å². The van der Waals surface area contributed by atoms with Gasteiger partial charge in [-0.2, -0.15) is 0 Å². The summed E-state index contributed by atoms with van der Waals surface area (Å²) in [6, 6.07) is 20.1. The third-order valence-electron chi connectivity index (χ3n) is 5.31.